The van der Waals surface area contributed by atoms with Gasteiger partial charge in [0.2, 0.25) is 5.91 Å². The molecule has 3 aromatic carbocycles. The number of hydrogen-bond donors (Lipinski definition) is 1. The third-order valence-corrected chi connectivity index (χ3v) is 5.99. The maximum absolute atomic E-state index is 13.0. The molecule has 1 aliphatic heterocycles. The Balaban J connectivity index is 1.29. The highest BCUT2D eigenvalue weighted by molar-refractivity contribution is 6.07. The summed E-state index contributed by atoms with van der Waals surface area (Å²) in [5, 5.41) is 3.63. The molecule has 0 saturated carbocycles. The summed E-state index contributed by atoms with van der Waals surface area (Å²) in [7, 11) is 1.68. The van der Waals surface area contributed by atoms with E-state index < -0.39 is 0 Å². The van der Waals surface area contributed by atoms with Crippen molar-refractivity contribution in [3.05, 3.63) is 101 Å². The summed E-state index contributed by atoms with van der Waals surface area (Å²) in [6.45, 7) is 0.353. The van der Waals surface area contributed by atoms with E-state index in [0.717, 1.165) is 11.4 Å². The number of nitrogens with zero attached hydrogens (tertiary/aromatic N) is 2. The molecular weight excluding hydrogens is 430 g/mol. The summed E-state index contributed by atoms with van der Waals surface area (Å²) < 4.78 is 7.32. The average molecular weight is 453 g/mol. The Morgan fingerprint density at radius 3 is 2.35 bits per heavy atom. The largest absolute Gasteiger partial charge is 0.457 e. The van der Waals surface area contributed by atoms with Gasteiger partial charge in [-0.15, -0.1) is 0 Å². The molecule has 4 aromatic rings. The third kappa shape index (κ3) is 4.15. The fourth-order valence-electron chi connectivity index (χ4n) is 4.23. The van der Waals surface area contributed by atoms with Crippen LogP contribution in [-0.4, -0.2) is 29.0 Å². The Bertz CT molecular complexity index is 1430. The molecule has 7 nitrogen and oxygen atoms in total. The lowest BCUT2D eigenvalue weighted by molar-refractivity contribution is -0.117. The van der Waals surface area contributed by atoms with Gasteiger partial charge in [0.05, 0.1) is 17.1 Å². The maximum atomic E-state index is 13.0. The lowest BCUT2D eigenvalue weighted by atomic mass is 10.1. The smallest absolute Gasteiger partial charge is 0.252 e. The number of rotatable bonds is 5. The van der Waals surface area contributed by atoms with Gasteiger partial charge in [-0.3, -0.25) is 14.4 Å². The zero-order chi connectivity index (χ0) is 23.7. The second kappa shape index (κ2) is 8.86. The molecule has 1 aromatic heterocycles. The molecule has 0 spiro atoms. The second-order valence-electron chi connectivity index (χ2n) is 8.26. The second-order valence-corrected chi connectivity index (χ2v) is 8.26. The number of benzene rings is 3. The van der Waals surface area contributed by atoms with E-state index in [9.17, 15) is 14.4 Å². The summed E-state index contributed by atoms with van der Waals surface area (Å²) in [5.74, 6) is 0.971. The lowest BCUT2D eigenvalue weighted by Gasteiger charge is -2.18. The Kier molecular flexibility index (Phi) is 5.59. The average Bonchev–Trinajstić information content (AvgIpc) is 3.22. The number of anilines is 1. The van der Waals surface area contributed by atoms with E-state index in [4.69, 9.17) is 4.74 Å². The highest BCUT2D eigenvalue weighted by atomic mass is 16.5. The van der Waals surface area contributed by atoms with E-state index in [-0.39, 0.29) is 29.8 Å². The van der Waals surface area contributed by atoms with Crippen molar-refractivity contribution in [1.82, 2.24) is 9.88 Å². The van der Waals surface area contributed by atoms with E-state index in [1.54, 1.807) is 18.0 Å². The van der Waals surface area contributed by atoms with Crippen molar-refractivity contribution < 1.29 is 14.3 Å². The number of carbonyl (C=O) groups excluding carboxylic acids is 2. The quantitative estimate of drug-likeness (QED) is 0.498. The zero-order valence-electron chi connectivity index (χ0n) is 18.6. The van der Waals surface area contributed by atoms with Crippen LogP contribution in [0.25, 0.3) is 10.9 Å². The zero-order valence-corrected chi connectivity index (χ0v) is 18.6. The van der Waals surface area contributed by atoms with Crippen LogP contribution in [0.1, 0.15) is 16.8 Å². The Hall–Kier alpha value is -4.39. The van der Waals surface area contributed by atoms with Crippen molar-refractivity contribution in [2.75, 3.05) is 11.4 Å². The molecule has 0 bridgehead atoms. The van der Waals surface area contributed by atoms with Gasteiger partial charge in [0.15, 0.2) is 0 Å². The number of ether oxygens (including phenoxy) is 1. The molecule has 1 fully saturated rings. The van der Waals surface area contributed by atoms with Gasteiger partial charge in [-0.05, 0) is 42.5 Å². The predicted octanol–water partition coefficient (Wildman–Crippen LogP) is 3.87. The number of pyridine rings is 1. The summed E-state index contributed by atoms with van der Waals surface area (Å²) in [6.07, 6.45) is 0.191. The molecule has 1 unspecified atom stereocenters. The molecular formula is C27H23N3O4. The monoisotopic (exact) mass is 453 g/mol. The molecule has 1 atom stereocenters. The standard InChI is InChI=1S/C27H23N3O4/c1-29-24-10-6-5-9-22(24)23(16-25(29)31)27(33)28-18-15-26(32)30(17-18)19-11-13-21(14-12-19)34-20-7-3-2-4-8-20/h2-14,16,18H,15,17H2,1H3,(H,28,33). The van der Waals surface area contributed by atoms with Crippen molar-refractivity contribution >= 4 is 28.4 Å². The minimum Gasteiger partial charge on any atom is -0.457 e. The van der Waals surface area contributed by atoms with Gasteiger partial charge in [0, 0.05) is 37.2 Å². The number of fused-ring (bicyclic) bond motifs is 1. The minimum atomic E-state index is -0.361. The summed E-state index contributed by atoms with van der Waals surface area (Å²) in [5.41, 5.74) is 1.47. The SMILES string of the molecule is Cn1c(=O)cc(C(=O)NC2CC(=O)N(c3ccc(Oc4ccccc4)cc3)C2)c2ccccc21. The van der Waals surface area contributed by atoms with Gasteiger partial charge >= 0.3 is 0 Å². The molecule has 0 aliphatic carbocycles. The fourth-order valence-corrected chi connectivity index (χ4v) is 4.23. The van der Waals surface area contributed by atoms with Gasteiger partial charge in [-0.2, -0.15) is 0 Å². The van der Waals surface area contributed by atoms with Crippen molar-refractivity contribution in [1.29, 1.82) is 0 Å². The van der Waals surface area contributed by atoms with E-state index in [1.807, 2.05) is 72.8 Å². The molecule has 170 valence electrons. The van der Waals surface area contributed by atoms with E-state index in [2.05, 4.69) is 5.32 Å². The van der Waals surface area contributed by atoms with Crippen LogP contribution in [0.15, 0.2) is 89.7 Å². The van der Waals surface area contributed by atoms with Crippen LogP contribution in [0.3, 0.4) is 0 Å². The first kappa shape index (κ1) is 21.5. The summed E-state index contributed by atoms with van der Waals surface area (Å²) in [4.78, 5) is 39.7. The van der Waals surface area contributed by atoms with Crippen LogP contribution >= 0.6 is 0 Å². The van der Waals surface area contributed by atoms with Crippen LogP contribution in [-0.2, 0) is 11.8 Å². The normalized spacial score (nSPS) is 15.5. The van der Waals surface area contributed by atoms with Crippen molar-refractivity contribution in [2.24, 2.45) is 7.05 Å². The first-order valence-electron chi connectivity index (χ1n) is 11.0. The van der Waals surface area contributed by atoms with Crippen molar-refractivity contribution in [3.63, 3.8) is 0 Å². The van der Waals surface area contributed by atoms with Crippen LogP contribution in [0, 0.1) is 0 Å². The molecule has 2 heterocycles. The number of nitrogens with one attached hydrogen (secondary N) is 1. The minimum absolute atomic E-state index is 0.0733. The van der Waals surface area contributed by atoms with E-state index in [0.29, 0.717) is 28.8 Å². The highest BCUT2D eigenvalue weighted by Gasteiger charge is 2.32. The first-order valence-corrected chi connectivity index (χ1v) is 11.0. The van der Waals surface area contributed by atoms with Crippen LogP contribution < -0.4 is 20.5 Å². The molecule has 34 heavy (non-hydrogen) atoms. The van der Waals surface area contributed by atoms with Gasteiger partial charge in [0.1, 0.15) is 11.5 Å². The summed E-state index contributed by atoms with van der Waals surface area (Å²) in [6, 6.07) is 25.0. The molecule has 7 heteroatoms. The van der Waals surface area contributed by atoms with Gasteiger partial charge < -0.3 is 19.5 Å². The Labute approximate surface area is 196 Å². The van der Waals surface area contributed by atoms with E-state index in [1.165, 1.54) is 10.6 Å². The topological polar surface area (TPSA) is 80.6 Å². The Morgan fingerprint density at radius 1 is 0.912 bits per heavy atom. The molecule has 1 N–H and O–H groups in total. The van der Waals surface area contributed by atoms with Crippen molar-refractivity contribution in [2.45, 2.75) is 12.5 Å². The molecule has 2 amide bonds. The van der Waals surface area contributed by atoms with Gasteiger partial charge in [-0.25, -0.2) is 0 Å². The number of aromatic nitrogens is 1. The number of aryl methyl sites for hydroxylation is 1. The number of para-hydroxylation sites is 2. The summed E-state index contributed by atoms with van der Waals surface area (Å²) >= 11 is 0. The van der Waals surface area contributed by atoms with Crippen LogP contribution in [0.5, 0.6) is 11.5 Å². The number of amides is 2. The maximum Gasteiger partial charge on any atom is 0.252 e. The Morgan fingerprint density at radius 2 is 1.59 bits per heavy atom. The van der Waals surface area contributed by atoms with Crippen LogP contribution in [0.4, 0.5) is 5.69 Å². The first-order chi connectivity index (χ1) is 16.5. The molecule has 0 radical (unpaired) electrons. The van der Waals surface area contributed by atoms with Crippen LogP contribution in [0.2, 0.25) is 0 Å². The van der Waals surface area contributed by atoms with E-state index >= 15 is 0 Å². The molecule has 1 saturated heterocycles. The van der Waals surface area contributed by atoms with Gasteiger partial charge in [-0.1, -0.05) is 36.4 Å². The predicted molar refractivity (Wildman–Crippen MR) is 130 cm³/mol. The third-order valence-electron chi connectivity index (χ3n) is 5.99. The number of hydrogen-bond acceptors (Lipinski definition) is 4. The van der Waals surface area contributed by atoms with Crippen molar-refractivity contribution in [3.8, 4) is 11.5 Å². The fraction of sp³-hybridized carbons (Fsp3) is 0.148. The molecule has 1 aliphatic rings. The molecule has 5 rings (SSSR count). The number of carbonyl (C=O) groups is 2. The highest BCUT2D eigenvalue weighted by Crippen LogP contribution is 2.27. The van der Waals surface area contributed by atoms with Gasteiger partial charge in [0.25, 0.3) is 11.5 Å². The lowest BCUT2D eigenvalue weighted by Crippen LogP contribution is -2.38.